The van der Waals surface area contributed by atoms with Crippen molar-refractivity contribution in [2.24, 2.45) is 5.92 Å². The summed E-state index contributed by atoms with van der Waals surface area (Å²) in [5, 5.41) is 0. The van der Waals surface area contributed by atoms with Crippen LogP contribution in [0.1, 0.15) is 44.9 Å². The molecular weight excluding hydrogens is 236 g/mol. The molecule has 108 valence electrons. The highest BCUT2D eigenvalue weighted by atomic mass is 16.2. The number of allylic oxidation sites excluding steroid dienone is 1. The van der Waals surface area contributed by atoms with Gasteiger partial charge in [-0.05, 0) is 58.2 Å². The van der Waals surface area contributed by atoms with Crippen LogP contribution in [0.25, 0.3) is 0 Å². The van der Waals surface area contributed by atoms with Crippen LogP contribution in [0.15, 0.2) is 12.7 Å². The second kappa shape index (κ2) is 7.68. The van der Waals surface area contributed by atoms with Gasteiger partial charge in [-0.3, -0.25) is 4.79 Å². The molecule has 1 unspecified atom stereocenters. The Hall–Kier alpha value is -0.830. The second-order valence-corrected chi connectivity index (χ2v) is 5.94. The molecule has 3 nitrogen and oxygen atoms in total. The van der Waals surface area contributed by atoms with Gasteiger partial charge in [0.05, 0.1) is 0 Å². The lowest BCUT2D eigenvalue weighted by Crippen LogP contribution is -2.37. The summed E-state index contributed by atoms with van der Waals surface area (Å²) in [4.78, 5) is 17.1. The van der Waals surface area contributed by atoms with E-state index in [1.54, 1.807) is 0 Å². The van der Waals surface area contributed by atoms with Crippen molar-refractivity contribution in [3.8, 4) is 0 Å². The summed E-state index contributed by atoms with van der Waals surface area (Å²) >= 11 is 0. The minimum atomic E-state index is 0.164. The standard InChI is InChI=1S/C16H28N2O/c1-2-8-15(16(19)18-12-6-7-13-18)9-14-17-10-4-3-5-11-17/h2,15H,1,3-14H2. The van der Waals surface area contributed by atoms with Crippen molar-refractivity contribution >= 4 is 5.91 Å². The molecule has 3 heteroatoms. The minimum absolute atomic E-state index is 0.164. The predicted molar refractivity (Wildman–Crippen MR) is 79.0 cm³/mol. The van der Waals surface area contributed by atoms with E-state index in [0.717, 1.165) is 32.5 Å². The fraction of sp³-hybridized carbons (Fsp3) is 0.812. The largest absolute Gasteiger partial charge is 0.342 e. The first-order chi connectivity index (χ1) is 9.31. The number of carbonyl (C=O) groups is 1. The minimum Gasteiger partial charge on any atom is -0.342 e. The van der Waals surface area contributed by atoms with Crippen molar-refractivity contribution in [2.75, 3.05) is 32.7 Å². The van der Waals surface area contributed by atoms with E-state index in [9.17, 15) is 4.79 Å². The Bertz CT molecular complexity index is 291. The highest BCUT2D eigenvalue weighted by Gasteiger charge is 2.26. The van der Waals surface area contributed by atoms with Crippen molar-refractivity contribution in [1.29, 1.82) is 0 Å². The van der Waals surface area contributed by atoms with Crippen molar-refractivity contribution in [2.45, 2.75) is 44.9 Å². The van der Waals surface area contributed by atoms with Crippen LogP contribution in [-0.2, 0) is 4.79 Å². The van der Waals surface area contributed by atoms with Crippen LogP contribution in [0.2, 0.25) is 0 Å². The van der Waals surface area contributed by atoms with E-state index < -0.39 is 0 Å². The summed E-state index contributed by atoms with van der Waals surface area (Å²) in [6.07, 6.45) is 10.1. The molecule has 0 aliphatic carbocycles. The zero-order chi connectivity index (χ0) is 13.5. The maximum absolute atomic E-state index is 12.5. The van der Waals surface area contributed by atoms with E-state index in [-0.39, 0.29) is 5.92 Å². The third-order valence-corrected chi connectivity index (χ3v) is 4.46. The molecule has 0 saturated carbocycles. The topological polar surface area (TPSA) is 23.6 Å². The third kappa shape index (κ3) is 4.34. The normalized spacial score (nSPS) is 22.4. The number of hydrogen-bond acceptors (Lipinski definition) is 2. The van der Waals surface area contributed by atoms with Gasteiger partial charge in [-0.1, -0.05) is 12.5 Å². The number of rotatable bonds is 6. The van der Waals surface area contributed by atoms with Crippen LogP contribution in [0, 0.1) is 5.92 Å². The third-order valence-electron chi connectivity index (χ3n) is 4.46. The lowest BCUT2D eigenvalue weighted by molar-refractivity contribution is -0.134. The molecule has 2 aliphatic rings. The average Bonchev–Trinajstić information content (AvgIpc) is 2.98. The lowest BCUT2D eigenvalue weighted by Gasteiger charge is -2.29. The van der Waals surface area contributed by atoms with Gasteiger partial charge in [0.2, 0.25) is 5.91 Å². The Balaban J connectivity index is 1.80. The van der Waals surface area contributed by atoms with Crippen LogP contribution >= 0.6 is 0 Å². The Morgan fingerprint density at radius 2 is 1.68 bits per heavy atom. The Morgan fingerprint density at radius 3 is 2.32 bits per heavy atom. The van der Waals surface area contributed by atoms with E-state index in [2.05, 4.69) is 16.4 Å². The molecule has 0 aromatic heterocycles. The molecule has 0 aromatic carbocycles. The molecule has 0 spiro atoms. The molecule has 0 aromatic rings. The fourth-order valence-electron chi connectivity index (χ4n) is 3.26. The van der Waals surface area contributed by atoms with Crippen LogP contribution in [0.3, 0.4) is 0 Å². The zero-order valence-corrected chi connectivity index (χ0v) is 12.1. The van der Waals surface area contributed by atoms with Crippen molar-refractivity contribution in [3.63, 3.8) is 0 Å². The molecule has 1 amide bonds. The van der Waals surface area contributed by atoms with Crippen LogP contribution in [0.4, 0.5) is 0 Å². The summed E-state index contributed by atoms with van der Waals surface area (Å²) in [5.41, 5.74) is 0. The van der Waals surface area contributed by atoms with E-state index in [4.69, 9.17) is 0 Å². The summed E-state index contributed by atoms with van der Waals surface area (Å²) in [6, 6.07) is 0. The van der Waals surface area contributed by atoms with Gasteiger partial charge in [-0.25, -0.2) is 0 Å². The predicted octanol–water partition coefficient (Wildman–Crippen LogP) is 2.68. The van der Waals surface area contributed by atoms with Gasteiger partial charge >= 0.3 is 0 Å². The number of hydrogen-bond donors (Lipinski definition) is 0. The Kier molecular flexibility index (Phi) is 5.90. The number of likely N-dealkylation sites (tertiary alicyclic amines) is 2. The number of piperidine rings is 1. The molecule has 2 saturated heterocycles. The number of nitrogens with zero attached hydrogens (tertiary/aromatic N) is 2. The summed E-state index contributed by atoms with van der Waals surface area (Å²) in [6.45, 7) is 9.28. The maximum Gasteiger partial charge on any atom is 0.226 e. The first-order valence-electron chi connectivity index (χ1n) is 7.93. The van der Waals surface area contributed by atoms with Crippen LogP contribution in [0.5, 0.6) is 0 Å². The molecule has 2 rings (SSSR count). The number of carbonyl (C=O) groups excluding carboxylic acids is 1. The van der Waals surface area contributed by atoms with Crippen molar-refractivity contribution in [1.82, 2.24) is 9.80 Å². The van der Waals surface area contributed by atoms with Crippen molar-refractivity contribution < 1.29 is 4.79 Å². The molecule has 0 N–H and O–H groups in total. The fourth-order valence-corrected chi connectivity index (χ4v) is 3.26. The van der Waals surface area contributed by atoms with Gasteiger partial charge in [0, 0.05) is 19.0 Å². The molecule has 1 atom stereocenters. The first kappa shape index (κ1) is 14.6. The SMILES string of the molecule is C=CCC(CCN1CCCCC1)C(=O)N1CCCC1. The Morgan fingerprint density at radius 1 is 1.05 bits per heavy atom. The monoisotopic (exact) mass is 264 g/mol. The highest BCUT2D eigenvalue weighted by molar-refractivity contribution is 5.79. The molecule has 2 fully saturated rings. The molecular formula is C16H28N2O. The van der Waals surface area contributed by atoms with E-state index in [0.29, 0.717) is 5.91 Å². The summed E-state index contributed by atoms with van der Waals surface area (Å²) in [7, 11) is 0. The van der Waals surface area contributed by atoms with Crippen LogP contribution in [-0.4, -0.2) is 48.4 Å². The summed E-state index contributed by atoms with van der Waals surface area (Å²) < 4.78 is 0. The van der Waals surface area contributed by atoms with Gasteiger partial charge in [-0.15, -0.1) is 6.58 Å². The van der Waals surface area contributed by atoms with Gasteiger partial charge in [0.1, 0.15) is 0 Å². The van der Waals surface area contributed by atoms with E-state index in [1.165, 1.54) is 45.2 Å². The molecule has 2 heterocycles. The zero-order valence-electron chi connectivity index (χ0n) is 12.1. The van der Waals surface area contributed by atoms with Gasteiger partial charge in [0.15, 0.2) is 0 Å². The first-order valence-corrected chi connectivity index (χ1v) is 7.93. The van der Waals surface area contributed by atoms with Gasteiger partial charge < -0.3 is 9.80 Å². The highest BCUT2D eigenvalue weighted by Crippen LogP contribution is 2.19. The van der Waals surface area contributed by atoms with E-state index in [1.807, 2.05) is 6.08 Å². The van der Waals surface area contributed by atoms with Gasteiger partial charge in [0.25, 0.3) is 0 Å². The molecule has 0 bridgehead atoms. The average molecular weight is 264 g/mol. The quantitative estimate of drug-likeness (QED) is 0.689. The molecule has 2 aliphatic heterocycles. The maximum atomic E-state index is 12.5. The van der Waals surface area contributed by atoms with Gasteiger partial charge in [-0.2, -0.15) is 0 Å². The van der Waals surface area contributed by atoms with Crippen molar-refractivity contribution in [3.05, 3.63) is 12.7 Å². The molecule has 0 radical (unpaired) electrons. The second-order valence-electron chi connectivity index (χ2n) is 5.94. The summed E-state index contributed by atoms with van der Waals surface area (Å²) in [5.74, 6) is 0.534. The molecule has 19 heavy (non-hydrogen) atoms. The Labute approximate surface area is 117 Å². The smallest absolute Gasteiger partial charge is 0.226 e. The lowest BCUT2D eigenvalue weighted by atomic mass is 9.98. The van der Waals surface area contributed by atoms with Crippen LogP contribution < -0.4 is 0 Å². The number of amides is 1. The van der Waals surface area contributed by atoms with E-state index >= 15 is 0 Å².